The third kappa shape index (κ3) is 3.50. The number of ether oxygens (including phenoxy) is 1. The van der Waals surface area contributed by atoms with Gasteiger partial charge in [0.25, 0.3) is 5.56 Å². The normalized spacial score (nSPS) is 18.8. The molecule has 0 N–H and O–H groups in total. The second kappa shape index (κ2) is 7.55. The fraction of sp³-hybridized carbons (Fsp3) is 0.450. The molecule has 9 heteroatoms. The van der Waals surface area contributed by atoms with E-state index in [4.69, 9.17) is 4.74 Å². The second-order valence-electron chi connectivity index (χ2n) is 7.40. The van der Waals surface area contributed by atoms with E-state index in [2.05, 4.69) is 4.98 Å². The number of amides is 1. The van der Waals surface area contributed by atoms with Crippen LogP contribution < -0.4 is 15.4 Å². The Kier molecular flexibility index (Phi) is 5.08. The molecule has 2 aliphatic rings. The predicted octanol–water partition coefficient (Wildman–Crippen LogP) is 1.42. The van der Waals surface area contributed by atoms with Gasteiger partial charge in [-0.3, -0.25) is 14.2 Å². The standard InChI is InChI=1S/C20H22F2N4O3/c1-12-9-13-10-14(21)3-4-15(13)26(12)17(27)11-16-23-19(18(22)20(28)24(16)2)25-5-7-29-8-6-25/h3-4,10,12H,5-9,11H2,1-2H3/t12-/m0/s1. The van der Waals surface area contributed by atoms with Crippen LogP contribution in [0.25, 0.3) is 0 Å². The molecular formula is C20H22F2N4O3. The zero-order chi connectivity index (χ0) is 20.7. The van der Waals surface area contributed by atoms with Crippen LogP contribution in [0.5, 0.6) is 0 Å². The Balaban J connectivity index is 1.65. The molecular weight excluding hydrogens is 382 g/mol. The van der Waals surface area contributed by atoms with Gasteiger partial charge >= 0.3 is 0 Å². The number of anilines is 2. The van der Waals surface area contributed by atoms with Crippen molar-refractivity contribution in [1.82, 2.24) is 9.55 Å². The van der Waals surface area contributed by atoms with E-state index in [0.29, 0.717) is 38.4 Å². The van der Waals surface area contributed by atoms with Crippen molar-refractivity contribution in [3.8, 4) is 0 Å². The minimum atomic E-state index is -0.930. The van der Waals surface area contributed by atoms with Crippen molar-refractivity contribution in [1.29, 1.82) is 0 Å². The average molecular weight is 404 g/mol. The summed E-state index contributed by atoms with van der Waals surface area (Å²) in [7, 11) is 1.40. The van der Waals surface area contributed by atoms with Crippen molar-refractivity contribution in [2.75, 3.05) is 36.1 Å². The van der Waals surface area contributed by atoms with Gasteiger partial charge < -0.3 is 14.5 Å². The summed E-state index contributed by atoms with van der Waals surface area (Å²) in [6, 6.07) is 4.19. The summed E-state index contributed by atoms with van der Waals surface area (Å²) in [6.45, 7) is 3.57. The number of benzene rings is 1. The molecule has 0 bridgehead atoms. The van der Waals surface area contributed by atoms with Gasteiger partial charge in [-0.05, 0) is 37.1 Å². The molecule has 0 spiro atoms. The number of morpholine rings is 1. The molecule has 3 heterocycles. The molecule has 1 amide bonds. The lowest BCUT2D eigenvalue weighted by molar-refractivity contribution is -0.118. The van der Waals surface area contributed by atoms with Crippen LogP contribution in [0.4, 0.5) is 20.3 Å². The van der Waals surface area contributed by atoms with Crippen molar-refractivity contribution >= 4 is 17.4 Å². The first-order valence-electron chi connectivity index (χ1n) is 9.55. The lowest BCUT2D eigenvalue weighted by Crippen LogP contribution is -2.41. The molecule has 0 aliphatic carbocycles. The van der Waals surface area contributed by atoms with Gasteiger partial charge in [-0.15, -0.1) is 0 Å². The van der Waals surface area contributed by atoms with Gasteiger partial charge in [0.15, 0.2) is 5.82 Å². The third-order valence-corrected chi connectivity index (χ3v) is 5.46. The van der Waals surface area contributed by atoms with E-state index < -0.39 is 11.4 Å². The van der Waals surface area contributed by atoms with Crippen molar-refractivity contribution in [2.45, 2.75) is 25.8 Å². The average Bonchev–Trinajstić information content (AvgIpc) is 3.03. The van der Waals surface area contributed by atoms with Gasteiger partial charge in [-0.2, -0.15) is 4.39 Å². The maximum atomic E-state index is 14.6. The Morgan fingerprint density at radius 3 is 2.72 bits per heavy atom. The fourth-order valence-electron chi connectivity index (χ4n) is 3.95. The van der Waals surface area contributed by atoms with Crippen LogP contribution in [-0.4, -0.2) is 47.8 Å². The van der Waals surface area contributed by atoms with Crippen LogP contribution in [0.3, 0.4) is 0 Å². The van der Waals surface area contributed by atoms with Gasteiger partial charge in [-0.1, -0.05) is 0 Å². The highest BCUT2D eigenvalue weighted by Gasteiger charge is 2.32. The first-order chi connectivity index (χ1) is 13.9. The largest absolute Gasteiger partial charge is 0.378 e. The lowest BCUT2D eigenvalue weighted by Gasteiger charge is -2.28. The zero-order valence-electron chi connectivity index (χ0n) is 16.3. The number of halogens is 2. The van der Waals surface area contributed by atoms with Gasteiger partial charge in [0.2, 0.25) is 11.7 Å². The Labute approximate surface area is 166 Å². The smallest absolute Gasteiger partial charge is 0.291 e. The fourth-order valence-corrected chi connectivity index (χ4v) is 3.95. The van der Waals surface area contributed by atoms with Crippen molar-refractivity contribution in [3.05, 3.63) is 51.6 Å². The minimum absolute atomic E-state index is 0.0452. The number of nitrogens with zero attached hydrogens (tertiary/aromatic N) is 4. The van der Waals surface area contributed by atoms with E-state index in [0.717, 1.165) is 10.1 Å². The number of hydrogen-bond acceptors (Lipinski definition) is 5. The Bertz CT molecular complexity index is 1020. The highest BCUT2D eigenvalue weighted by molar-refractivity contribution is 5.97. The lowest BCUT2D eigenvalue weighted by atomic mass is 10.1. The highest BCUT2D eigenvalue weighted by Crippen LogP contribution is 2.33. The number of aromatic nitrogens is 2. The van der Waals surface area contributed by atoms with E-state index in [1.165, 1.54) is 19.2 Å². The number of carbonyl (C=O) groups is 1. The maximum Gasteiger partial charge on any atom is 0.291 e. The summed E-state index contributed by atoms with van der Waals surface area (Å²) >= 11 is 0. The Hall–Kier alpha value is -2.81. The molecule has 4 rings (SSSR count). The SMILES string of the molecule is C[C@H]1Cc2cc(F)ccc2N1C(=O)Cc1nc(N2CCOCC2)c(F)c(=O)n1C. The molecule has 2 aromatic rings. The summed E-state index contributed by atoms with van der Waals surface area (Å²) in [5, 5.41) is 0. The third-order valence-electron chi connectivity index (χ3n) is 5.46. The van der Waals surface area contributed by atoms with Crippen molar-refractivity contribution in [3.63, 3.8) is 0 Å². The van der Waals surface area contributed by atoms with Gasteiger partial charge in [0, 0.05) is 31.9 Å². The zero-order valence-corrected chi connectivity index (χ0v) is 16.3. The van der Waals surface area contributed by atoms with Gasteiger partial charge in [-0.25, -0.2) is 9.37 Å². The molecule has 0 unspecified atom stereocenters. The molecule has 29 heavy (non-hydrogen) atoms. The van der Waals surface area contributed by atoms with Crippen LogP contribution in [0.1, 0.15) is 18.3 Å². The van der Waals surface area contributed by atoms with Crippen LogP contribution in [0.15, 0.2) is 23.0 Å². The molecule has 2 aliphatic heterocycles. The minimum Gasteiger partial charge on any atom is -0.378 e. The first-order valence-corrected chi connectivity index (χ1v) is 9.55. The van der Waals surface area contributed by atoms with Gasteiger partial charge in [0.05, 0.1) is 19.6 Å². The van der Waals surface area contributed by atoms with E-state index in [9.17, 15) is 18.4 Å². The Morgan fingerprint density at radius 1 is 1.28 bits per heavy atom. The number of carbonyl (C=O) groups excluding carboxylic acids is 1. The quantitative estimate of drug-likeness (QED) is 0.774. The van der Waals surface area contributed by atoms with E-state index in [1.54, 1.807) is 15.9 Å². The van der Waals surface area contributed by atoms with E-state index >= 15 is 0 Å². The summed E-state index contributed by atoms with van der Waals surface area (Å²) in [5.74, 6) is -1.41. The molecule has 0 saturated carbocycles. The van der Waals surface area contributed by atoms with Crippen molar-refractivity contribution < 1.29 is 18.3 Å². The molecule has 1 atom stereocenters. The second-order valence-corrected chi connectivity index (χ2v) is 7.40. The summed E-state index contributed by atoms with van der Waals surface area (Å²) in [4.78, 5) is 33.0. The van der Waals surface area contributed by atoms with Crippen LogP contribution >= 0.6 is 0 Å². The molecule has 1 saturated heterocycles. The first kappa shape index (κ1) is 19.5. The molecule has 1 aromatic heterocycles. The number of hydrogen-bond donors (Lipinski definition) is 0. The monoisotopic (exact) mass is 404 g/mol. The molecule has 1 fully saturated rings. The van der Waals surface area contributed by atoms with E-state index in [-0.39, 0.29) is 35.8 Å². The van der Waals surface area contributed by atoms with Crippen LogP contribution in [0.2, 0.25) is 0 Å². The molecule has 1 aromatic carbocycles. The number of fused-ring (bicyclic) bond motifs is 1. The molecule has 7 nitrogen and oxygen atoms in total. The number of rotatable bonds is 3. The van der Waals surface area contributed by atoms with Crippen LogP contribution in [-0.2, 0) is 29.4 Å². The van der Waals surface area contributed by atoms with E-state index in [1.807, 2.05) is 6.92 Å². The van der Waals surface area contributed by atoms with Crippen molar-refractivity contribution in [2.24, 2.45) is 7.05 Å². The maximum absolute atomic E-state index is 14.6. The summed E-state index contributed by atoms with van der Waals surface area (Å²) in [6.07, 6.45) is 0.387. The van der Waals surface area contributed by atoms with Gasteiger partial charge in [0.1, 0.15) is 11.6 Å². The highest BCUT2D eigenvalue weighted by atomic mass is 19.1. The molecule has 154 valence electrons. The van der Waals surface area contributed by atoms with Crippen LogP contribution in [0, 0.1) is 11.6 Å². The molecule has 0 radical (unpaired) electrons. The Morgan fingerprint density at radius 2 is 2.00 bits per heavy atom. The summed E-state index contributed by atoms with van der Waals surface area (Å²) in [5.41, 5.74) is 0.603. The summed E-state index contributed by atoms with van der Waals surface area (Å²) < 4.78 is 34.4. The topological polar surface area (TPSA) is 67.7 Å². The predicted molar refractivity (Wildman–Crippen MR) is 103 cm³/mol.